The summed E-state index contributed by atoms with van der Waals surface area (Å²) >= 11 is 6.87. The molecular weight excluding hydrogens is 326 g/mol. The molecule has 0 amide bonds. The van der Waals surface area contributed by atoms with Crippen LogP contribution in [0.3, 0.4) is 0 Å². The van der Waals surface area contributed by atoms with Crippen LogP contribution in [0.25, 0.3) is 0 Å². The second kappa shape index (κ2) is 5.84. The average molecular weight is 339 g/mol. The van der Waals surface area contributed by atoms with E-state index in [1.807, 2.05) is 19.1 Å². The second-order valence-electron chi connectivity index (χ2n) is 3.32. The van der Waals surface area contributed by atoms with E-state index in [1.54, 1.807) is 0 Å². The van der Waals surface area contributed by atoms with Crippen LogP contribution in [0.5, 0.6) is 0 Å². The van der Waals surface area contributed by atoms with E-state index in [2.05, 4.69) is 37.2 Å². The summed E-state index contributed by atoms with van der Waals surface area (Å²) in [5, 5.41) is 20.9. The third-order valence-electron chi connectivity index (χ3n) is 1.91. The van der Waals surface area contributed by atoms with E-state index in [4.69, 9.17) is 5.11 Å². The zero-order valence-corrected chi connectivity index (χ0v) is 11.5. The molecule has 0 aliphatic rings. The van der Waals surface area contributed by atoms with E-state index in [-0.39, 0.29) is 6.61 Å². The van der Waals surface area contributed by atoms with Crippen molar-refractivity contribution in [1.82, 2.24) is 0 Å². The summed E-state index contributed by atoms with van der Waals surface area (Å²) in [6.45, 7) is 2.08. The van der Waals surface area contributed by atoms with Crippen molar-refractivity contribution in [2.75, 3.05) is 18.5 Å². The Morgan fingerprint density at radius 1 is 1.33 bits per heavy atom. The smallest absolute Gasteiger partial charge is 0.0942 e. The van der Waals surface area contributed by atoms with Gasteiger partial charge in [0.15, 0.2) is 0 Å². The molecule has 0 aliphatic carbocycles. The van der Waals surface area contributed by atoms with E-state index in [9.17, 15) is 5.11 Å². The van der Waals surface area contributed by atoms with Crippen molar-refractivity contribution >= 4 is 37.5 Å². The zero-order chi connectivity index (χ0) is 11.4. The standard InChI is InChI=1S/C10H13Br2NO2/c1-6-2-8(11)10(9(12)3-6)13-4-7(15)5-14/h2-3,7,13-15H,4-5H2,1H3/t7-/m0/s1. The molecule has 5 heteroatoms. The molecule has 0 radical (unpaired) electrons. The molecule has 15 heavy (non-hydrogen) atoms. The molecule has 0 heterocycles. The molecule has 1 aromatic carbocycles. The molecule has 1 atom stereocenters. The summed E-state index contributed by atoms with van der Waals surface area (Å²) in [7, 11) is 0. The van der Waals surface area contributed by atoms with Gasteiger partial charge in [0.1, 0.15) is 0 Å². The van der Waals surface area contributed by atoms with Gasteiger partial charge in [-0.2, -0.15) is 0 Å². The first-order valence-corrected chi connectivity index (χ1v) is 6.11. The van der Waals surface area contributed by atoms with Crippen molar-refractivity contribution < 1.29 is 10.2 Å². The monoisotopic (exact) mass is 337 g/mol. The van der Waals surface area contributed by atoms with E-state index in [1.165, 1.54) is 0 Å². The summed E-state index contributed by atoms with van der Waals surface area (Å²) in [5.74, 6) is 0. The van der Waals surface area contributed by atoms with Gasteiger partial charge in [-0.1, -0.05) is 0 Å². The predicted molar refractivity (Wildman–Crippen MR) is 68.2 cm³/mol. The van der Waals surface area contributed by atoms with E-state index in [0.717, 1.165) is 20.2 Å². The highest BCUT2D eigenvalue weighted by atomic mass is 79.9. The van der Waals surface area contributed by atoms with Gasteiger partial charge in [-0.3, -0.25) is 0 Å². The molecule has 0 aliphatic heterocycles. The molecule has 0 aromatic heterocycles. The molecule has 1 rings (SSSR count). The van der Waals surface area contributed by atoms with Gasteiger partial charge >= 0.3 is 0 Å². The number of aliphatic hydroxyl groups is 2. The Kier molecular flexibility index (Phi) is 5.05. The Morgan fingerprint density at radius 3 is 2.33 bits per heavy atom. The number of benzene rings is 1. The fourth-order valence-corrected chi connectivity index (χ4v) is 2.85. The fourth-order valence-electron chi connectivity index (χ4n) is 1.15. The summed E-state index contributed by atoms with van der Waals surface area (Å²) in [5.41, 5.74) is 2.02. The number of hydrogen-bond acceptors (Lipinski definition) is 3. The minimum Gasteiger partial charge on any atom is -0.394 e. The molecule has 0 saturated carbocycles. The second-order valence-corrected chi connectivity index (χ2v) is 5.03. The summed E-state index contributed by atoms with van der Waals surface area (Å²) in [4.78, 5) is 0. The van der Waals surface area contributed by atoms with Crippen LogP contribution in [-0.4, -0.2) is 29.5 Å². The maximum Gasteiger partial charge on any atom is 0.0942 e. The van der Waals surface area contributed by atoms with Crippen LogP contribution in [0.4, 0.5) is 5.69 Å². The van der Waals surface area contributed by atoms with Crippen LogP contribution in [-0.2, 0) is 0 Å². The highest BCUT2D eigenvalue weighted by Crippen LogP contribution is 2.32. The number of aliphatic hydroxyl groups excluding tert-OH is 2. The Balaban J connectivity index is 2.77. The Hall–Kier alpha value is -0.100. The van der Waals surface area contributed by atoms with E-state index < -0.39 is 6.10 Å². The Bertz CT molecular complexity index is 321. The largest absolute Gasteiger partial charge is 0.394 e. The van der Waals surface area contributed by atoms with Crippen LogP contribution in [0.15, 0.2) is 21.1 Å². The lowest BCUT2D eigenvalue weighted by atomic mass is 10.2. The van der Waals surface area contributed by atoms with Crippen molar-refractivity contribution in [2.45, 2.75) is 13.0 Å². The molecular formula is C10H13Br2NO2. The molecule has 1 aromatic rings. The molecule has 0 fully saturated rings. The number of nitrogens with one attached hydrogen (secondary N) is 1. The van der Waals surface area contributed by atoms with Crippen LogP contribution < -0.4 is 5.32 Å². The molecule has 3 N–H and O–H groups in total. The minimum absolute atomic E-state index is 0.242. The first-order chi connectivity index (χ1) is 7.04. The molecule has 0 bridgehead atoms. The number of halogens is 2. The van der Waals surface area contributed by atoms with Crippen LogP contribution in [0.2, 0.25) is 0 Å². The molecule has 0 saturated heterocycles. The van der Waals surface area contributed by atoms with Gasteiger partial charge in [-0.25, -0.2) is 0 Å². The lowest BCUT2D eigenvalue weighted by Gasteiger charge is -2.14. The van der Waals surface area contributed by atoms with Gasteiger partial charge in [0.05, 0.1) is 18.4 Å². The predicted octanol–water partition coefficient (Wildman–Crippen LogP) is 2.29. The zero-order valence-electron chi connectivity index (χ0n) is 8.30. The maximum absolute atomic E-state index is 9.21. The van der Waals surface area contributed by atoms with Gasteiger partial charge < -0.3 is 15.5 Å². The molecule has 0 spiro atoms. The Labute approximate surface area is 106 Å². The van der Waals surface area contributed by atoms with Gasteiger partial charge in [0, 0.05) is 15.5 Å². The quantitative estimate of drug-likeness (QED) is 0.789. The normalized spacial score (nSPS) is 12.6. The van der Waals surface area contributed by atoms with Crippen LogP contribution in [0, 0.1) is 6.92 Å². The van der Waals surface area contributed by atoms with Gasteiger partial charge in [0.25, 0.3) is 0 Å². The third kappa shape index (κ3) is 3.75. The Morgan fingerprint density at radius 2 is 1.87 bits per heavy atom. The lowest BCUT2D eigenvalue weighted by molar-refractivity contribution is 0.105. The van der Waals surface area contributed by atoms with Gasteiger partial charge in [-0.15, -0.1) is 0 Å². The summed E-state index contributed by atoms with van der Waals surface area (Å²) in [6, 6.07) is 3.97. The van der Waals surface area contributed by atoms with Crippen molar-refractivity contribution in [3.8, 4) is 0 Å². The van der Waals surface area contributed by atoms with E-state index >= 15 is 0 Å². The molecule has 84 valence electrons. The summed E-state index contributed by atoms with van der Waals surface area (Å²) < 4.78 is 1.86. The van der Waals surface area contributed by atoms with Gasteiger partial charge in [-0.05, 0) is 56.5 Å². The van der Waals surface area contributed by atoms with E-state index in [0.29, 0.717) is 6.54 Å². The van der Waals surface area contributed by atoms with Crippen LogP contribution >= 0.6 is 31.9 Å². The van der Waals surface area contributed by atoms with Crippen LogP contribution in [0.1, 0.15) is 5.56 Å². The number of aryl methyl sites for hydroxylation is 1. The highest BCUT2D eigenvalue weighted by Gasteiger charge is 2.08. The average Bonchev–Trinajstić information content (AvgIpc) is 2.15. The third-order valence-corrected chi connectivity index (χ3v) is 3.16. The van der Waals surface area contributed by atoms with Crippen molar-refractivity contribution in [3.63, 3.8) is 0 Å². The number of hydrogen-bond donors (Lipinski definition) is 3. The fraction of sp³-hybridized carbons (Fsp3) is 0.400. The van der Waals surface area contributed by atoms with Crippen molar-refractivity contribution in [3.05, 3.63) is 26.6 Å². The first kappa shape index (κ1) is 13.0. The molecule has 0 unspecified atom stereocenters. The first-order valence-electron chi connectivity index (χ1n) is 4.53. The topological polar surface area (TPSA) is 52.5 Å². The van der Waals surface area contributed by atoms with Gasteiger partial charge in [0.2, 0.25) is 0 Å². The molecule has 3 nitrogen and oxygen atoms in total. The highest BCUT2D eigenvalue weighted by molar-refractivity contribution is 9.11. The minimum atomic E-state index is -0.745. The summed E-state index contributed by atoms with van der Waals surface area (Å²) in [6.07, 6.45) is -0.745. The SMILES string of the molecule is Cc1cc(Br)c(NC[C@H](O)CO)c(Br)c1. The number of rotatable bonds is 4. The van der Waals surface area contributed by atoms with Crippen molar-refractivity contribution in [1.29, 1.82) is 0 Å². The number of anilines is 1. The van der Waals surface area contributed by atoms with Crippen molar-refractivity contribution in [2.24, 2.45) is 0 Å². The lowest BCUT2D eigenvalue weighted by Crippen LogP contribution is -2.23. The maximum atomic E-state index is 9.21.